The fourth-order valence-electron chi connectivity index (χ4n) is 1.97. The van der Waals surface area contributed by atoms with E-state index in [-0.39, 0.29) is 18.8 Å². The second-order valence-corrected chi connectivity index (χ2v) is 4.66. The topological polar surface area (TPSA) is 61.6 Å². The highest BCUT2D eigenvalue weighted by atomic mass is 19.4. The second-order valence-electron chi connectivity index (χ2n) is 4.66. The molecule has 1 aliphatic rings. The van der Waals surface area contributed by atoms with Crippen molar-refractivity contribution < 1.29 is 27.4 Å². The van der Waals surface area contributed by atoms with Gasteiger partial charge < -0.3 is 15.2 Å². The third-order valence-electron chi connectivity index (χ3n) is 3.07. The van der Waals surface area contributed by atoms with Crippen molar-refractivity contribution in [1.29, 1.82) is 0 Å². The second kappa shape index (κ2) is 5.70. The molecule has 2 rings (SSSR count). The number of nitrogens with two attached hydrogens (primary N) is 1. The molecule has 0 atom stereocenters. The first kappa shape index (κ1) is 14.6. The summed E-state index contributed by atoms with van der Waals surface area (Å²) in [4.78, 5) is 10.5. The molecule has 0 bridgehead atoms. The Bertz CT molecular complexity index is 484. The van der Waals surface area contributed by atoms with Crippen LogP contribution in [0.4, 0.5) is 18.0 Å². The van der Waals surface area contributed by atoms with E-state index in [2.05, 4.69) is 0 Å². The molecule has 0 unspecified atom stereocenters. The standard InChI is InChI=1S/C13H14F3NO3/c14-13(15,16)9-3-1-2-8(4-9)7-19-10-5-11(6-10)20-12(17)18/h1-4,10-11H,5-7H2,(H2,17,18). The molecule has 2 N–H and O–H groups in total. The van der Waals surface area contributed by atoms with E-state index >= 15 is 0 Å². The first-order valence-electron chi connectivity index (χ1n) is 6.08. The van der Waals surface area contributed by atoms with Crippen LogP contribution < -0.4 is 5.73 Å². The van der Waals surface area contributed by atoms with E-state index in [4.69, 9.17) is 15.2 Å². The van der Waals surface area contributed by atoms with E-state index in [1.165, 1.54) is 6.07 Å². The Hall–Kier alpha value is -1.76. The summed E-state index contributed by atoms with van der Waals surface area (Å²) in [5.74, 6) is 0. The van der Waals surface area contributed by atoms with Crippen LogP contribution in [0.25, 0.3) is 0 Å². The Morgan fingerprint density at radius 1 is 1.30 bits per heavy atom. The molecule has 1 aliphatic carbocycles. The van der Waals surface area contributed by atoms with Crippen molar-refractivity contribution in [3.8, 4) is 0 Å². The summed E-state index contributed by atoms with van der Waals surface area (Å²) in [6, 6.07) is 5.01. The molecule has 110 valence electrons. The number of halogens is 3. The van der Waals surface area contributed by atoms with Gasteiger partial charge in [-0.1, -0.05) is 12.1 Å². The van der Waals surface area contributed by atoms with Gasteiger partial charge in [-0.15, -0.1) is 0 Å². The number of hydrogen-bond donors (Lipinski definition) is 1. The molecule has 1 fully saturated rings. The van der Waals surface area contributed by atoms with Gasteiger partial charge in [-0.2, -0.15) is 13.2 Å². The van der Waals surface area contributed by atoms with Gasteiger partial charge in [0, 0.05) is 12.8 Å². The molecule has 20 heavy (non-hydrogen) atoms. The molecule has 4 nitrogen and oxygen atoms in total. The molecule has 0 radical (unpaired) electrons. The van der Waals surface area contributed by atoms with Crippen LogP contribution in [0.3, 0.4) is 0 Å². The maximum atomic E-state index is 12.5. The van der Waals surface area contributed by atoms with Gasteiger partial charge in [0.2, 0.25) is 0 Å². The average molecular weight is 289 g/mol. The summed E-state index contributed by atoms with van der Waals surface area (Å²) < 4.78 is 47.7. The quantitative estimate of drug-likeness (QED) is 0.927. The summed E-state index contributed by atoms with van der Waals surface area (Å²) >= 11 is 0. The summed E-state index contributed by atoms with van der Waals surface area (Å²) in [6.07, 6.45) is -4.52. The Labute approximate surface area is 113 Å². The first-order valence-corrected chi connectivity index (χ1v) is 6.08. The fraction of sp³-hybridized carbons (Fsp3) is 0.462. The molecule has 7 heteroatoms. The molecular formula is C13H14F3NO3. The van der Waals surface area contributed by atoms with Gasteiger partial charge >= 0.3 is 12.3 Å². The molecule has 1 aromatic carbocycles. The number of ether oxygens (including phenoxy) is 2. The third-order valence-corrected chi connectivity index (χ3v) is 3.07. The van der Waals surface area contributed by atoms with Crippen molar-refractivity contribution >= 4 is 6.09 Å². The van der Waals surface area contributed by atoms with Crippen molar-refractivity contribution in [2.24, 2.45) is 5.73 Å². The molecular weight excluding hydrogens is 275 g/mol. The van der Waals surface area contributed by atoms with E-state index in [0.717, 1.165) is 12.1 Å². The van der Waals surface area contributed by atoms with Gasteiger partial charge in [0.25, 0.3) is 0 Å². The minimum Gasteiger partial charge on any atom is -0.446 e. The largest absolute Gasteiger partial charge is 0.446 e. The fourth-order valence-corrected chi connectivity index (χ4v) is 1.97. The lowest BCUT2D eigenvalue weighted by Crippen LogP contribution is -2.39. The highest BCUT2D eigenvalue weighted by Crippen LogP contribution is 2.31. The molecule has 0 spiro atoms. The third kappa shape index (κ3) is 3.86. The SMILES string of the molecule is NC(=O)OC1CC(OCc2cccc(C(F)(F)F)c2)C1. The van der Waals surface area contributed by atoms with Crippen LogP contribution in [0.15, 0.2) is 24.3 Å². The molecule has 1 amide bonds. The molecule has 1 saturated carbocycles. The van der Waals surface area contributed by atoms with Crippen molar-refractivity contribution in [1.82, 2.24) is 0 Å². The number of benzene rings is 1. The van der Waals surface area contributed by atoms with Crippen molar-refractivity contribution in [2.45, 2.75) is 37.8 Å². The highest BCUT2D eigenvalue weighted by Gasteiger charge is 2.33. The predicted octanol–water partition coefficient (Wildman–Crippen LogP) is 2.85. The van der Waals surface area contributed by atoms with E-state index in [9.17, 15) is 18.0 Å². The number of hydrogen-bond acceptors (Lipinski definition) is 3. The molecule has 0 aliphatic heterocycles. The lowest BCUT2D eigenvalue weighted by atomic mass is 9.92. The summed E-state index contributed by atoms with van der Waals surface area (Å²) in [5.41, 5.74) is 4.63. The highest BCUT2D eigenvalue weighted by molar-refractivity contribution is 5.64. The minimum atomic E-state index is -4.35. The van der Waals surface area contributed by atoms with Crippen LogP contribution in [-0.4, -0.2) is 18.3 Å². The molecule has 0 saturated heterocycles. The van der Waals surface area contributed by atoms with Gasteiger partial charge in [-0.3, -0.25) is 0 Å². The van der Waals surface area contributed by atoms with Crippen LogP contribution in [-0.2, 0) is 22.3 Å². The van der Waals surface area contributed by atoms with Crippen LogP contribution in [0.1, 0.15) is 24.0 Å². The van der Waals surface area contributed by atoms with Gasteiger partial charge in [-0.05, 0) is 17.7 Å². The van der Waals surface area contributed by atoms with Gasteiger partial charge in [0.05, 0.1) is 18.3 Å². The van der Waals surface area contributed by atoms with E-state index in [1.807, 2.05) is 0 Å². The van der Waals surface area contributed by atoms with Gasteiger partial charge in [-0.25, -0.2) is 4.79 Å². The number of primary amides is 1. The van der Waals surface area contributed by atoms with Crippen LogP contribution in [0, 0.1) is 0 Å². The van der Waals surface area contributed by atoms with Gasteiger partial charge in [0.15, 0.2) is 0 Å². The number of carbonyl (C=O) groups is 1. The Morgan fingerprint density at radius 3 is 2.60 bits per heavy atom. The number of rotatable bonds is 4. The molecule has 0 heterocycles. The average Bonchev–Trinajstić information content (AvgIpc) is 2.31. The van der Waals surface area contributed by atoms with Crippen molar-refractivity contribution in [3.63, 3.8) is 0 Å². The lowest BCUT2D eigenvalue weighted by molar-refractivity contribution is -0.137. The van der Waals surface area contributed by atoms with Crippen LogP contribution >= 0.6 is 0 Å². The van der Waals surface area contributed by atoms with Crippen molar-refractivity contribution in [3.05, 3.63) is 35.4 Å². The van der Waals surface area contributed by atoms with E-state index in [1.54, 1.807) is 6.07 Å². The Balaban J connectivity index is 1.80. The number of alkyl halides is 3. The van der Waals surface area contributed by atoms with Crippen LogP contribution in [0.2, 0.25) is 0 Å². The van der Waals surface area contributed by atoms with E-state index in [0.29, 0.717) is 18.4 Å². The van der Waals surface area contributed by atoms with Gasteiger partial charge in [0.1, 0.15) is 6.10 Å². The molecule has 0 aromatic heterocycles. The zero-order valence-corrected chi connectivity index (χ0v) is 10.5. The monoisotopic (exact) mass is 289 g/mol. The molecule has 1 aromatic rings. The summed E-state index contributed by atoms with van der Waals surface area (Å²) in [7, 11) is 0. The minimum absolute atomic E-state index is 0.0951. The zero-order valence-electron chi connectivity index (χ0n) is 10.5. The Morgan fingerprint density at radius 2 is 2.00 bits per heavy atom. The summed E-state index contributed by atoms with van der Waals surface area (Å²) in [6.45, 7) is 0.0951. The smallest absolute Gasteiger partial charge is 0.416 e. The maximum absolute atomic E-state index is 12.5. The lowest BCUT2D eigenvalue weighted by Gasteiger charge is -2.33. The normalized spacial score (nSPS) is 22.1. The number of carbonyl (C=O) groups excluding carboxylic acids is 1. The maximum Gasteiger partial charge on any atom is 0.416 e. The van der Waals surface area contributed by atoms with Crippen LogP contribution in [0.5, 0.6) is 0 Å². The number of amides is 1. The zero-order chi connectivity index (χ0) is 14.8. The first-order chi connectivity index (χ1) is 9.34. The van der Waals surface area contributed by atoms with Crippen molar-refractivity contribution in [2.75, 3.05) is 0 Å². The van der Waals surface area contributed by atoms with E-state index < -0.39 is 17.8 Å². The predicted molar refractivity (Wildman–Crippen MR) is 63.7 cm³/mol. The Kier molecular flexibility index (Phi) is 4.17. The summed E-state index contributed by atoms with van der Waals surface area (Å²) in [5, 5.41) is 0.